The number of rotatable bonds is 4. The second kappa shape index (κ2) is 4.95. The molecule has 0 unspecified atom stereocenters. The molecule has 17 heavy (non-hydrogen) atoms. The summed E-state index contributed by atoms with van der Waals surface area (Å²) < 4.78 is 4.54. The molecular formula is C12H15NO4. The Bertz CT molecular complexity index is 423. The molecule has 0 amide bonds. The van der Waals surface area contributed by atoms with Gasteiger partial charge in [-0.3, -0.25) is 9.78 Å². The first-order valence-corrected chi connectivity index (χ1v) is 5.13. The van der Waals surface area contributed by atoms with Crippen molar-refractivity contribution in [1.82, 2.24) is 4.98 Å². The van der Waals surface area contributed by atoms with Crippen LogP contribution < -0.4 is 0 Å². The van der Waals surface area contributed by atoms with Gasteiger partial charge in [0.15, 0.2) is 0 Å². The van der Waals surface area contributed by atoms with Gasteiger partial charge in [0.25, 0.3) is 0 Å². The van der Waals surface area contributed by atoms with Crippen LogP contribution in [0.3, 0.4) is 0 Å². The molecule has 0 spiro atoms. The lowest BCUT2D eigenvalue weighted by atomic mass is 9.88. The molecule has 0 aromatic carbocycles. The number of carbonyl (C=O) groups is 2. The normalized spacial score (nSPS) is 11.0. The van der Waals surface area contributed by atoms with E-state index in [0.717, 1.165) is 0 Å². The number of aromatic nitrogens is 1. The monoisotopic (exact) mass is 237 g/mol. The first-order chi connectivity index (χ1) is 7.86. The Labute approximate surface area is 99.4 Å². The van der Waals surface area contributed by atoms with Crippen LogP contribution in [0.1, 0.15) is 29.9 Å². The minimum absolute atomic E-state index is 0.309. The second-order valence-corrected chi connectivity index (χ2v) is 4.40. The van der Waals surface area contributed by atoms with Gasteiger partial charge in [0, 0.05) is 18.3 Å². The Hall–Kier alpha value is -1.91. The van der Waals surface area contributed by atoms with E-state index in [1.807, 2.05) is 0 Å². The number of methoxy groups -OCH3 is 1. The molecule has 5 nitrogen and oxygen atoms in total. The fraction of sp³-hybridized carbons (Fsp3) is 0.417. The lowest BCUT2D eigenvalue weighted by molar-refractivity contribution is -0.146. The van der Waals surface area contributed by atoms with Crippen molar-refractivity contribution in [1.29, 1.82) is 0 Å². The van der Waals surface area contributed by atoms with Gasteiger partial charge in [-0.1, -0.05) is 0 Å². The Morgan fingerprint density at radius 2 is 2.06 bits per heavy atom. The van der Waals surface area contributed by atoms with E-state index in [0.29, 0.717) is 17.7 Å². The quantitative estimate of drug-likeness (QED) is 0.803. The first kappa shape index (κ1) is 13.2. The van der Waals surface area contributed by atoms with Gasteiger partial charge in [0.2, 0.25) is 0 Å². The van der Waals surface area contributed by atoms with Crippen LogP contribution in [0.25, 0.3) is 0 Å². The number of carboxylic acids is 1. The number of ether oxygens (including phenoxy) is 1. The van der Waals surface area contributed by atoms with Gasteiger partial charge in [-0.25, -0.2) is 4.79 Å². The number of aliphatic carboxylic acids is 1. The predicted molar refractivity (Wildman–Crippen MR) is 60.7 cm³/mol. The maximum atomic E-state index is 11.2. The van der Waals surface area contributed by atoms with E-state index < -0.39 is 17.4 Å². The molecule has 0 bridgehead atoms. The average Bonchev–Trinajstić information content (AvgIpc) is 2.28. The molecule has 1 heterocycles. The molecule has 92 valence electrons. The Kier molecular flexibility index (Phi) is 3.83. The van der Waals surface area contributed by atoms with Crippen molar-refractivity contribution >= 4 is 11.9 Å². The molecule has 1 aromatic rings. The summed E-state index contributed by atoms with van der Waals surface area (Å²) in [7, 11) is 1.30. The van der Waals surface area contributed by atoms with E-state index in [-0.39, 0.29) is 0 Å². The molecule has 5 heteroatoms. The smallest absolute Gasteiger partial charge is 0.339 e. The Balaban J connectivity index is 2.82. The summed E-state index contributed by atoms with van der Waals surface area (Å²) in [6, 6.07) is 3.21. The largest absolute Gasteiger partial charge is 0.481 e. The van der Waals surface area contributed by atoms with Crippen LogP contribution in [-0.2, 0) is 16.0 Å². The average molecular weight is 237 g/mol. The molecule has 0 saturated carbocycles. The third-order valence-corrected chi connectivity index (χ3v) is 2.45. The molecule has 0 aliphatic heterocycles. The van der Waals surface area contributed by atoms with Crippen molar-refractivity contribution in [3.63, 3.8) is 0 Å². The number of hydrogen-bond donors (Lipinski definition) is 1. The molecule has 0 radical (unpaired) electrons. The van der Waals surface area contributed by atoms with E-state index in [1.165, 1.54) is 13.3 Å². The fourth-order valence-electron chi connectivity index (χ4n) is 1.30. The summed E-state index contributed by atoms with van der Waals surface area (Å²) >= 11 is 0. The van der Waals surface area contributed by atoms with E-state index in [4.69, 9.17) is 5.11 Å². The summed E-state index contributed by atoms with van der Waals surface area (Å²) in [4.78, 5) is 26.2. The number of carboxylic acid groups (broad SMARTS) is 1. The summed E-state index contributed by atoms with van der Waals surface area (Å²) in [6.45, 7) is 3.26. The second-order valence-electron chi connectivity index (χ2n) is 4.40. The van der Waals surface area contributed by atoms with Crippen molar-refractivity contribution < 1.29 is 19.4 Å². The van der Waals surface area contributed by atoms with Crippen LogP contribution in [0.4, 0.5) is 0 Å². The van der Waals surface area contributed by atoms with Crippen LogP contribution in [0.5, 0.6) is 0 Å². The van der Waals surface area contributed by atoms with Crippen LogP contribution in [0.15, 0.2) is 18.3 Å². The minimum atomic E-state index is -0.878. The number of pyridine rings is 1. The van der Waals surface area contributed by atoms with Gasteiger partial charge in [-0.15, -0.1) is 0 Å². The summed E-state index contributed by atoms with van der Waals surface area (Å²) in [5.74, 6) is -1.34. The predicted octanol–water partition coefficient (Wildman–Crippen LogP) is 1.52. The third kappa shape index (κ3) is 3.27. The molecule has 1 N–H and O–H groups in total. The standard InChI is InChI=1S/C12H15NO4/c1-12(2,11(15)16)6-9-5-4-8(7-13-9)10(14)17-3/h4-5,7H,6H2,1-3H3,(H,15,16). The fourth-order valence-corrected chi connectivity index (χ4v) is 1.30. The molecule has 0 saturated heterocycles. The molecule has 1 rings (SSSR count). The van der Waals surface area contributed by atoms with Gasteiger partial charge < -0.3 is 9.84 Å². The summed E-state index contributed by atoms with van der Waals surface area (Å²) in [5.41, 5.74) is 0.106. The molecule has 0 aliphatic carbocycles. The highest BCUT2D eigenvalue weighted by molar-refractivity contribution is 5.88. The number of carbonyl (C=O) groups excluding carboxylic acids is 1. The van der Waals surface area contributed by atoms with Crippen molar-refractivity contribution in [2.45, 2.75) is 20.3 Å². The van der Waals surface area contributed by atoms with Crippen LogP contribution in [0.2, 0.25) is 0 Å². The highest BCUT2D eigenvalue weighted by Crippen LogP contribution is 2.21. The highest BCUT2D eigenvalue weighted by atomic mass is 16.5. The highest BCUT2D eigenvalue weighted by Gasteiger charge is 2.27. The molecule has 0 atom stereocenters. The lowest BCUT2D eigenvalue weighted by Gasteiger charge is -2.18. The SMILES string of the molecule is COC(=O)c1ccc(CC(C)(C)C(=O)O)nc1. The van der Waals surface area contributed by atoms with Gasteiger partial charge in [-0.2, -0.15) is 0 Å². The zero-order chi connectivity index (χ0) is 13.1. The third-order valence-electron chi connectivity index (χ3n) is 2.45. The van der Waals surface area contributed by atoms with Crippen LogP contribution >= 0.6 is 0 Å². The van der Waals surface area contributed by atoms with E-state index in [2.05, 4.69) is 9.72 Å². The first-order valence-electron chi connectivity index (χ1n) is 5.13. The maximum Gasteiger partial charge on any atom is 0.339 e. The molecule has 0 aliphatic rings. The number of esters is 1. The Morgan fingerprint density at radius 1 is 1.41 bits per heavy atom. The topological polar surface area (TPSA) is 76.5 Å². The van der Waals surface area contributed by atoms with Crippen molar-refractivity contribution in [2.24, 2.45) is 5.41 Å². The summed E-state index contributed by atoms with van der Waals surface area (Å²) in [6.07, 6.45) is 1.70. The van der Waals surface area contributed by atoms with Gasteiger partial charge in [0.1, 0.15) is 0 Å². The van der Waals surface area contributed by atoms with Gasteiger partial charge in [-0.05, 0) is 26.0 Å². The number of nitrogens with zero attached hydrogens (tertiary/aromatic N) is 1. The van der Waals surface area contributed by atoms with Crippen molar-refractivity contribution in [3.05, 3.63) is 29.6 Å². The zero-order valence-electron chi connectivity index (χ0n) is 10.1. The zero-order valence-corrected chi connectivity index (χ0v) is 10.1. The van der Waals surface area contributed by atoms with Gasteiger partial charge in [0.05, 0.1) is 18.1 Å². The molecule has 0 fully saturated rings. The number of hydrogen-bond acceptors (Lipinski definition) is 4. The molecular weight excluding hydrogens is 222 g/mol. The van der Waals surface area contributed by atoms with E-state index in [9.17, 15) is 9.59 Å². The van der Waals surface area contributed by atoms with Crippen LogP contribution in [0, 0.1) is 5.41 Å². The van der Waals surface area contributed by atoms with Crippen LogP contribution in [-0.4, -0.2) is 29.1 Å². The Morgan fingerprint density at radius 3 is 2.47 bits per heavy atom. The summed E-state index contributed by atoms with van der Waals surface area (Å²) in [5, 5.41) is 8.98. The van der Waals surface area contributed by atoms with Crippen molar-refractivity contribution in [2.75, 3.05) is 7.11 Å². The molecule has 1 aromatic heterocycles. The lowest BCUT2D eigenvalue weighted by Crippen LogP contribution is -2.26. The van der Waals surface area contributed by atoms with E-state index >= 15 is 0 Å². The minimum Gasteiger partial charge on any atom is -0.481 e. The maximum absolute atomic E-state index is 11.2. The van der Waals surface area contributed by atoms with Gasteiger partial charge >= 0.3 is 11.9 Å². The van der Waals surface area contributed by atoms with E-state index in [1.54, 1.807) is 26.0 Å². The van der Waals surface area contributed by atoms with Crippen molar-refractivity contribution in [3.8, 4) is 0 Å².